The van der Waals surface area contributed by atoms with Crippen LogP contribution in [0.5, 0.6) is 0 Å². The molecular weight excluding hydrogens is 180 g/mol. The summed E-state index contributed by atoms with van der Waals surface area (Å²) in [6.45, 7) is 4.57. The number of allylic oxidation sites excluding steroid dienone is 5. The normalized spacial score (nSPS) is 12.4. The molecule has 0 bridgehead atoms. The minimum atomic E-state index is -0.356. The fourth-order valence-corrected chi connectivity index (χ4v) is 0.562. The van der Waals surface area contributed by atoms with Crippen molar-refractivity contribution in [3.8, 4) is 0 Å². The summed E-state index contributed by atoms with van der Waals surface area (Å²) in [5.74, 6) is -0.316. The van der Waals surface area contributed by atoms with Crippen LogP contribution in [-0.2, 0) is 14.3 Å². The standard InChI is InChI=1S/C11H14O3/c1-9(10(2)12)7-5-4-6-8-14-11(3)13/h4-8H,1-3H3/b5-4-,8-6+,9-7+. The lowest BCUT2D eigenvalue weighted by Gasteiger charge is -1.88. The number of esters is 1. The Hall–Kier alpha value is -1.64. The molecule has 0 spiro atoms. The Morgan fingerprint density at radius 1 is 1.00 bits per heavy atom. The first kappa shape index (κ1) is 12.4. The van der Waals surface area contributed by atoms with Crippen molar-refractivity contribution in [2.45, 2.75) is 20.8 Å². The largest absolute Gasteiger partial charge is 0.435 e. The number of Topliss-reactive ketones (excluding diaryl/α,β-unsaturated/α-hetero) is 1. The molecule has 0 radical (unpaired) electrons. The van der Waals surface area contributed by atoms with Crippen LogP contribution in [0.1, 0.15) is 20.8 Å². The zero-order chi connectivity index (χ0) is 11.0. The van der Waals surface area contributed by atoms with E-state index in [0.29, 0.717) is 5.57 Å². The van der Waals surface area contributed by atoms with Crippen molar-refractivity contribution in [1.82, 2.24) is 0 Å². The van der Waals surface area contributed by atoms with Gasteiger partial charge >= 0.3 is 5.97 Å². The van der Waals surface area contributed by atoms with Gasteiger partial charge in [0, 0.05) is 6.92 Å². The van der Waals surface area contributed by atoms with Gasteiger partial charge in [-0.2, -0.15) is 0 Å². The third-order valence-corrected chi connectivity index (χ3v) is 1.44. The van der Waals surface area contributed by atoms with Crippen molar-refractivity contribution >= 4 is 11.8 Å². The van der Waals surface area contributed by atoms with Gasteiger partial charge in [-0.15, -0.1) is 0 Å². The predicted molar refractivity (Wildman–Crippen MR) is 54.5 cm³/mol. The van der Waals surface area contributed by atoms with E-state index in [1.54, 1.807) is 31.2 Å². The van der Waals surface area contributed by atoms with Crippen molar-refractivity contribution in [1.29, 1.82) is 0 Å². The van der Waals surface area contributed by atoms with E-state index in [1.807, 2.05) is 0 Å². The molecule has 0 aromatic rings. The predicted octanol–water partition coefficient (Wildman–Crippen LogP) is 2.15. The summed E-state index contributed by atoms with van der Waals surface area (Å²) in [6, 6.07) is 0. The van der Waals surface area contributed by atoms with Gasteiger partial charge in [0.05, 0.1) is 6.26 Å². The molecule has 0 fully saturated rings. The molecule has 0 N–H and O–H groups in total. The number of rotatable bonds is 4. The van der Waals surface area contributed by atoms with E-state index in [0.717, 1.165) is 0 Å². The average molecular weight is 194 g/mol. The molecule has 3 heteroatoms. The zero-order valence-corrected chi connectivity index (χ0v) is 8.61. The molecule has 14 heavy (non-hydrogen) atoms. The summed E-state index contributed by atoms with van der Waals surface area (Å²) in [7, 11) is 0. The molecule has 0 saturated heterocycles. The topological polar surface area (TPSA) is 43.4 Å². The quantitative estimate of drug-likeness (QED) is 0.298. The first-order chi connectivity index (χ1) is 6.54. The van der Waals surface area contributed by atoms with Crippen molar-refractivity contribution in [2.24, 2.45) is 0 Å². The van der Waals surface area contributed by atoms with Crippen LogP contribution in [0.3, 0.4) is 0 Å². The van der Waals surface area contributed by atoms with Gasteiger partial charge in [0.25, 0.3) is 0 Å². The van der Waals surface area contributed by atoms with Crippen molar-refractivity contribution < 1.29 is 14.3 Å². The second-order valence-corrected chi connectivity index (χ2v) is 2.73. The maximum atomic E-state index is 10.8. The van der Waals surface area contributed by atoms with E-state index in [2.05, 4.69) is 4.74 Å². The Bertz CT molecular complexity index is 296. The highest BCUT2D eigenvalue weighted by Gasteiger charge is 1.90. The lowest BCUT2D eigenvalue weighted by Crippen LogP contribution is -1.89. The molecule has 3 nitrogen and oxygen atoms in total. The fraction of sp³-hybridized carbons (Fsp3) is 0.273. The summed E-state index contributed by atoms with van der Waals surface area (Å²) >= 11 is 0. The second kappa shape index (κ2) is 6.83. The van der Waals surface area contributed by atoms with Crippen LogP contribution < -0.4 is 0 Å². The minimum absolute atomic E-state index is 0.0404. The Morgan fingerprint density at radius 2 is 1.64 bits per heavy atom. The zero-order valence-electron chi connectivity index (χ0n) is 8.61. The van der Waals surface area contributed by atoms with Gasteiger partial charge < -0.3 is 4.74 Å². The highest BCUT2D eigenvalue weighted by Crippen LogP contribution is 1.94. The summed E-state index contributed by atoms with van der Waals surface area (Å²) < 4.78 is 4.54. The number of carbonyl (C=O) groups excluding carboxylic acids is 2. The highest BCUT2D eigenvalue weighted by molar-refractivity contribution is 5.92. The van der Waals surface area contributed by atoms with Gasteiger partial charge in [0.1, 0.15) is 0 Å². The van der Waals surface area contributed by atoms with Gasteiger partial charge in [0.2, 0.25) is 0 Å². The Morgan fingerprint density at radius 3 is 2.14 bits per heavy atom. The van der Waals surface area contributed by atoms with Crippen molar-refractivity contribution in [3.63, 3.8) is 0 Å². The van der Waals surface area contributed by atoms with Crippen molar-refractivity contribution in [3.05, 3.63) is 36.1 Å². The molecule has 0 amide bonds. The molecule has 0 unspecified atom stereocenters. The van der Waals surface area contributed by atoms with Crippen LogP contribution in [0.15, 0.2) is 36.1 Å². The van der Waals surface area contributed by atoms with Gasteiger partial charge in [-0.3, -0.25) is 9.59 Å². The molecule has 0 atom stereocenters. The highest BCUT2D eigenvalue weighted by atomic mass is 16.5. The van der Waals surface area contributed by atoms with E-state index in [9.17, 15) is 9.59 Å². The summed E-state index contributed by atoms with van der Waals surface area (Å²) in [5, 5.41) is 0. The molecule has 0 aromatic carbocycles. The Kier molecular flexibility index (Phi) is 6.03. The molecule has 76 valence electrons. The number of carbonyl (C=O) groups is 2. The molecule has 0 aliphatic carbocycles. The second-order valence-electron chi connectivity index (χ2n) is 2.73. The fourth-order valence-electron chi connectivity index (χ4n) is 0.562. The average Bonchev–Trinajstić information content (AvgIpc) is 2.09. The maximum Gasteiger partial charge on any atom is 0.307 e. The van der Waals surface area contributed by atoms with Gasteiger partial charge in [-0.25, -0.2) is 0 Å². The molecule has 0 aromatic heterocycles. The maximum absolute atomic E-state index is 10.8. The summed E-state index contributed by atoms with van der Waals surface area (Å²) in [5.41, 5.74) is 0.683. The number of hydrogen-bond donors (Lipinski definition) is 0. The van der Waals surface area contributed by atoms with Crippen LogP contribution in [0.2, 0.25) is 0 Å². The van der Waals surface area contributed by atoms with E-state index >= 15 is 0 Å². The first-order valence-corrected chi connectivity index (χ1v) is 4.22. The van der Waals surface area contributed by atoms with Gasteiger partial charge in [-0.05, 0) is 25.5 Å². The molecule has 0 heterocycles. The van der Waals surface area contributed by atoms with E-state index in [1.165, 1.54) is 20.1 Å². The Balaban J connectivity index is 3.96. The van der Waals surface area contributed by atoms with E-state index in [4.69, 9.17) is 0 Å². The van der Waals surface area contributed by atoms with Crippen LogP contribution in [0.25, 0.3) is 0 Å². The van der Waals surface area contributed by atoms with Crippen molar-refractivity contribution in [2.75, 3.05) is 0 Å². The number of ketones is 1. The van der Waals surface area contributed by atoms with Crippen LogP contribution >= 0.6 is 0 Å². The van der Waals surface area contributed by atoms with Gasteiger partial charge in [0.15, 0.2) is 5.78 Å². The third kappa shape index (κ3) is 7.03. The number of ether oxygens (including phenoxy) is 1. The van der Waals surface area contributed by atoms with Gasteiger partial charge in [-0.1, -0.05) is 18.2 Å². The lowest BCUT2D eigenvalue weighted by atomic mass is 10.2. The minimum Gasteiger partial charge on any atom is -0.435 e. The van der Waals surface area contributed by atoms with Crippen LogP contribution in [-0.4, -0.2) is 11.8 Å². The lowest BCUT2D eigenvalue weighted by molar-refractivity contribution is -0.135. The number of hydrogen-bond acceptors (Lipinski definition) is 3. The van der Waals surface area contributed by atoms with E-state index < -0.39 is 0 Å². The first-order valence-electron chi connectivity index (χ1n) is 4.22. The molecule has 0 aliphatic heterocycles. The molecule has 0 rings (SSSR count). The third-order valence-electron chi connectivity index (χ3n) is 1.44. The SMILES string of the molecule is CC(=O)O/C=C/C=C\C=C(/C)C(C)=O. The van der Waals surface area contributed by atoms with Crippen LogP contribution in [0, 0.1) is 0 Å². The molecule has 0 saturated carbocycles. The van der Waals surface area contributed by atoms with E-state index in [-0.39, 0.29) is 11.8 Å². The smallest absolute Gasteiger partial charge is 0.307 e. The summed E-state index contributed by atoms with van der Waals surface area (Å²) in [4.78, 5) is 21.1. The Labute approximate surface area is 83.8 Å². The monoisotopic (exact) mass is 194 g/mol. The summed E-state index contributed by atoms with van der Waals surface area (Å²) in [6.07, 6.45) is 7.94. The molecular formula is C11H14O3. The van der Waals surface area contributed by atoms with Crippen LogP contribution in [0.4, 0.5) is 0 Å². The molecule has 0 aliphatic rings.